The Morgan fingerprint density at radius 2 is 2.29 bits per heavy atom. The van der Waals surface area contributed by atoms with Gasteiger partial charge in [-0.15, -0.1) is 0 Å². The highest BCUT2D eigenvalue weighted by Gasteiger charge is 2.17. The molecule has 3 rings (SSSR count). The van der Waals surface area contributed by atoms with Crippen molar-refractivity contribution in [3.05, 3.63) is 40.3 Å². The normalized spacial score (nSPS) is 14.7. The van der Waals surface area contributed by atoms with Crippen LogP contribution in [0.15, 0.2) is 28.9 Å². The van der Waals surface area contributed by atoms with Gasteiger partial charge in [-0.1, -0.05) is 18.2 Å². The monoisotopic (exact) mass is 292 g/mol. The smallest absolute Gasteiger partial charge is 0.135 e. The maximum atomic E-state index is 5.40. The van der Waals surface area contributed by atoms with E-state index in [1.807, 2.05) is 6.20 Å². The van der Waals surface area contributed by atoms with E-state index in [0.29, 0.717) is 6.61 Å². The quantitative estimate of drug-likeness (QED) is 0.807. The van der Waals surface area contributed by atoms with Crippen LogP contribution < -0.4 is 0 Å². The molecule has 4 heteroatoms. The summed E-state index contributed by atoms with van der Waals surface area (Å²) in [5.41, 5.74) is 3.61. The third-order valence-electron chi connectivity index (χ3n) is 3.10. The van der Waals surface area contributed by atoms with Crippen molar-refractivity contribution in [2.45, 2.75) is 20.1 Å². The second kappa shape index (κ2) is 4.27. The van der Waals surface area contributed by atoms with Gasteiger partial charge in [0.2, 0.25) is 0 Å². The van der Waals surface area contributed by atoms with Gasteiger partial charge in [0.15, 0.2) is 0 Å². The fourth-order valence-electron chi connectivity index (χ4n) is 2.16. The molecule has 17 heavy (non-hydrogen) atoms. The Labute approximate surface area is 109 Å². The molecule has 0 unspecified atom stereocenters. The predicted octanol–water partition coefficient (Wildman–Crippen LogP) is 3.15. The van der Waals surface area contributed by atoms with Crippen molar-refractivity contribution in [3.63, 3.8) is 0 Å². The number of aryl methyl sites for hydroxylation is 1. The van der Waals surface area contributed by atoms with Gasteiger partial charge in [0.05, 0.1) is 18.5 Å². The average molecular weight is 293 g/mol. The molecule has 2 aromatic rings. The van der Waals surface area contributed by atoms with Crippen LogP contribution in [0.2, 0.25) is 0 Å². The highest BCUT2D eigenvalue weighted by molar-refractivity contribution is 9.10. The Kier molecular flexibility index (Phi) is 2.76. The van der Waals surface area contributed by atoms with Crippen molar-refractivity contribution in [1.82, 2.24) is 9.55 Å². The third-order valence-corrected chi connectivity index (χ3v) is 4.15. The maximum absolute atomic E-state index is 5.40. The molecule has 0 saturated heterocycles. The number of ether oxygens (including phenoxy) is 1. The lowest BCUT2D eigenvalue weighted by atomic mass is 10.1. The number of nitrogens with zero attached hydrogens (tertiary/aromatic N) is 2. The minimum absolute atomic E-state index is 0.615. The number of aromatic nitrogens is 2. The summed E-state index contributed by atoms with van der Waals surface area (Å²) in [5.74, 6) is 1.01. The molecular formula is C13H13BrN2O. The van der Waals surface area contributed by atoms with Crippen molar-refractivity contribution in [2.24, 2.45) is 0 Å². The molecular weight excluding hydrogens is 280 g/mol. The summed E-state index contributed by atoms with van der Waals surface area (Å²) in [6, 6.07) is 6.30. The molecule has 1 aliphatic rings. The van der Waals surface area contributed by atoms with E-state index in [0.717, 1.165) is 23.4 Å². The summed E-state index contributed by atoms with van der Waals surface area (Å²) < 4.78 is 8.79. The number of imidazole rings is 1. The fraction of sp³-hybridized carbons (Fsp3) is 0.308. The first-order valence-corrected chi connectivity index (χ1v) is 6.44. The number of rotatable bonds is 1. The molecule has 88 valence electrons. The fourth-order valence-corrected chi connectivity index (χ4v) is 2.63. The number of halogens is 1. The van der Waals surface area contributed by atoms with Crippen LogP contribution in [0.1, 0.15) is 11.4 Å². The van der Waals surface area contributed by atoms with E-state index in [9.17, 15) is 0 Å². The Morgan fingerprint density at radius 3 is 3.18 bits per heavy atom. The molecule has 0 spiro atoms. The highest BCUT2D eigenvalue weighted by atomic mass is 79.9. The number of benzene rings is 1. The summed E-state index contributed by atoms with van der Waals surface area (Å²) in [6.07, 6.45) is 1.93. The molecule has 3 nitrogen and oxygen atoms in total. The van der Waals surface area contributed by atoms with E-state index in [1.165, 1.54) is 16.8 Å². The summed E-state index contributed by atoms with van der Waals surface area (Å²) in [7, 11) is 0. The average Bonchev–Trinajstić information content (AvgIpc) is 2.77. The first-order valence-electron chi connectivity index (χ1n) is 5.65. The van der Waals surface area contributed by atoms with Gasteiger partial charge >= 0.3 is 0 Å². The van der Waals surface area contributed by atoms with Gasteiger partial charge in [0.25, 0.3) is 0 Å². The van der Waals surface area contributed by atoms with Crippen molar-refractivity contribution in [3.8, 4) is 11.3 Å². The van der Waals surface area contributed by atoms with Gasteiger partial charge in [0, 0.05) is 16.6 Å². The lowest BCUT2D eigenvalue weighted by Gasteiger charge is -2.17. The Bertz CT molecular complexity index is 563. The molecule has 0 fully saturated rings. The second-order valence-corrected chi connectivity index (χ2v) is 4.99. The predicted molar refractivity (Wildman–Crippen MR) is 69.8 cm³/mol. The van der Waals surface area contributed by atoms with Gasteiger partial charge in [-0.25, -0.2) is 4.98 Å². The van der Waals surface area contributed by atoms with E-state index in [2.05, 4.69) is 50.6 Å². The molecule has 1 aromatic carbocycles. The molecule has 2 heterocycles. The number of fused-ring (bicyclic) bond motifs is 1. The summed E-state index contributed by atoms with van der Waals surface area (Å²) in [4.78, 5) is 4.42. The van der Waals surface area contributed by atoms with Crippen LogP contribution in [0.5, 0.6) is 0 Å². The van der Waals surface area contributed by atoms with Crippen molar-refractivity contribution in [1.29, 1.82) is 0 Å². The number of hydrogen-bond donors (Lipinski definition) is 0. The molecule has 0 saturated carbocycles. The van der Waals surface area contributed by atoms with Crippen LogP contribution in [0, 0.1) is 6.92 Å². The highest BCUT2D eigenvalue weighted by Crippen LogP contribution is 2.32. The van der Waals surface area contributed by atoms with Gasteiger partial charge in [-0.2, -0.15) is 0 Å². The molecule has 0 atom stereocenters. The zero-order chi connectivity index (χ0) is 11.8. The third kappa shape index (κ3) is 1.81. The zero-order valence-electron chi connectivity index (χ0n) is 9.61. The van der Waals surface area contributed by atoms with Crippen LogP contribution in [0.3, 0.4) is 0 Å². The lowest BCUT2D eigenvalue weighted by molar-refractivity contribution is 0.0821. The van der Waals surface area contributed by atoms with Crippen LogP contribution in [-0.2, 0) is 17.9 Å². The molecule has 0 aliphatic carbocycles. The summed E-state index contributed by atoms with van der Waals surface area (Å²) in [6.45, 7) is 4.36. The number of hydrogen-bond acceptors (Lipinski definition) is 2. The Balaban J connectivity index is 2.15. The van der Waals surface area contributed by atoms with E-state index in [-0.39, 0.29) is 0 Å². The Hall–Kier alpha value is -1.13. The first-order chi connectivity index (χ1) is 8.27. The standard InChI is InChI=1S/C13H13BrN2O/c1-9-3-2-4-10(13(9)14)11-7-15-12-8-17-6-5-16(11)12/h2-4,7H,5-6,8H2,1H3. The van der Waals surface area contributed by atoms with Crippen molar-refractivity contribution < 1.29 is 4.74 Å². The first kappa shape index (κ1) is 11.0. The van der Waals surface area contributed by atoms with Crippen LogP contribution in [0.25, 0.3) is 11.3 Å². The largest absolute Gasteiger partial charge is 0.372 e. The van der Waals surface area contributed by atoms with Crippen LogP contribution in [0.4, 0.5) is 0 Å². The van der Waals surface area contributed by atoms with Crippen LogP contribution in [-0.4, -0.2) is 16.2 Å². The van der Waals surface area contributed by atoms with Gasteiger partial charge < -0.3 is 9.30 Å². The topological polar surface area (TPSA) is 27.1 Å². The molecule has 0 N–H and O–H groups in total. The van der Waals surface area contributed by atoms with Crippen LogP contribution >= 0.6 is 15.9 Å². The SMILES string of the molecule is Cc1cccc(-c2cnc3n2CCOC3)c1Br. The molecule has 0 bridgehead atoms. The second-order valence-electron chi connectivity index (χ2n) is 4.20. The maximum Gasteiger partial charge on any atom is 0.135 e. The molecule has 0 radical (unpaired) electrons. The summed E-state index contributed by atoms with van der Waals surface area (Å²) in [5, 5.41) is 0. The van der Waals surface area contributed by atoms with E-state index in [1.54, 1.807) is 0 Å². The Morgan fingerprint density at radius 1 is 1.41 bits per heavy atom. The summed E-state index contributed by atoms with van der Waals surface area (Å²) >= 11 is 3.66. The van der Waals surface area contributed by atoms with Crippen molar-refractivity contribution >= 4 is 15.9 Å². The lowest BCUT2D eigenvalue weighted by Crippen LogP contribution is -2.17. The van der Waals surface area contributed by atoms with E-state index in [4.69, 9.17) is 4.74 Å². The molecule has 0 amide bonds. The van der Waals surface area contributed by atoms with E-state index >= 15 is 0 Å². The molecule has 1 aliphatic heterocycles. The zero-order valence-corrected chi connectivity index (χ0v) is 11.2. The van der Waals surface area contributed by atoms with E-state index < -0.39 is 0 Å². The van der Waals surface area contributed by atoms with Crippen molar-refractivity contribution in [2.75, 3.05) is 6.61 Å². The minimum Gasteiger partial charge on any atom is -0.372 e. The molecule has 1 aromatic heterocycles. The van der Waals surface area contributed by atoms with Gasteiger partial charge in [-0.05, 0) is 28.4 Å². The van der Waals surface area contributed by atoms with Gasteiger partial charge in [-0.3, -0.25) is 0 Å². The van der Waals surface area contributed by atoms with Gasteiger partial charge in [0.1, 0.15) is 12.4 Å². The minimum atomic E-state index is 0.615.